The van der Waals surface area contributed by atoms with Gasteiger partial charge >= 0.3 is 6.09 Å². The number of carbonyl (C=O) groups is 2. The summed E-state index contributed by atoms with van der Waals surface area (Å²) in [5.74, 6) is -0.125. The summed E-state index contributed by atoms with van der Waals surface area (Å²) in [6.45, 7) is 1.92. The first-order chi connectivity index (χ1) is 12.5. The van der Waals surface area contributed by atoms with E-state index in [1.54, 1.807) is 36.4 Å². The van der Waals surface area contributed by atoms with E-state index in [-0.39, 0.29) is 17.1 Å². The lowest BCUT2D eigenvalue weighted by molar-refractivity contribution is 0.103. The Morgan fingerprint density at radius 3 is 2.42 bits per heavy atom. The van der Waals surface area contributed by atoms with Gasteiger partial charge in [0, 0.05) is 16.3 Å². The van der Waals surface area contributed by atoms with Crippen molar-refractivity contribution < 1.29 is 14.3 Å². The van der Waals surface area contributed by atoms with Crippen LogP contribution in [0, 0.1) is 6.92 Å². The molecule has 0 spiro atoms. The highest BCUT2D eigenvalue weighted by Gasteiger charge is 2.17. The van der Waals surface area contributed by atoms with Crippen molar-refractivity contribution in [3.05, 3.63) is 94.5 Å². The molecule has 3 aromatic carbocycles. The molecule has 26 heavy (non-hydrogen) atoms. The maximum absolute atomic E-state index is 12.7. The Hall–Kier alpha value is -3.11. The van der Waals surface area contributed by atoms with Gasteiger partial charge in [0.1, 0.15) is 5.75 Å². The Kier molecular flexibility index (Phi) is 5.34. The molecule has 0 saturated carbocycles. The van der Waals surface area contributed by atoms with Crippen molar-refractivity contribution in [3.8, 4) is 5.75 Å². The molecule has 0 bridgehead atoms. The van der Waals surface area contributed by atoms with Crippen LogP contribution in [0.3, 0.4) is 0 Å². The number of benzene rings is 3. The van der Waals surface area contributed by atoms with Gasteiger partial charge in [0.15, 0.2) is 5.78 Å². The highest BCUT2D eigenvalue weighted by Crippen LogP contribution is 2.26. The fourth-order valence-corrected chi connectivity index (χ4v) is 2.65. The average Bonchev–Trinajstić information content (AvgIpc) is 2.63. The molecule has 0 aliphatic heterocycles. The van der Waals surface area contributed by atoms with Crippen molar-refractivity contribution in [2.45, 2.75) is 6.92 Å². The third-order valence-corrected chi connectivity index (χ3v) is 3.92. The smallest absolute Gasteiger partial charge is 0.409 e. The summed E-state index contributed by atoms with van der Waals surface area (Å²) in [4.78, 5) is 24.9. The Morgan fingerprint density at radius 2 is 1.69 bits per heavy atom. The maximum Gasteiger partial charge on any atom is 0.417 e. The van der Waals surface area contributed by atoms with Gasteiger partial charge in [-0.15, -0.1) is 0 Å². The standard InChI is InChI=1S/C21H16ClNO3/c1-14-6-5-9-17(12-14)23-21(25)26-19-11-10-16(22)13-18(19)20(24)15-7-3-2-4-8-15/h2-13H,1H3,(H,23,25). The summed E-state index contributed by atoms with van der Waals surface area (Å²) >= 11 is 6.02. The Labute approximate surface area is 156 Å². The number of anilines is 1. The fraction of sp³-hybridized carbons (Fsp3) is 0.0476. The molecule has 3 rings (SSSR count). The van der Waals surface area contributed by atoms with Gasteiger partial charge in [-0.2, -0.15) is 0 Å². The highest BCUT2D eigenvalue weighted by molar-refractivity contribution is 6.31. The summed E-state index contributed by atoms with van der Waals surface area (Å²) in [5.41, 5.74) is 2.33. The second-order valence-electron chi connectivity index (χ2n) is 5.72. The van der Waals surface area contributed by atoms with Gasteiger partial charge in [-0.05, 0) is 42.8 Å². The van der Waals surface area contributed by atoms with E-state index >= 15 is 0 Å². The molecule has 0 aliphatic carbocycles. The van der Waals surface area contributed by atoms with Crippen LogP contribution in [0.15, 0.2) is 72.8 Å². The molecule has 0 radical (unpaired) electrons. The number of halogens is 1. The molecule has 0 atom stereocenters. The molecule has 130 valence electrons. The number of ether oxygens (including phenoxy) is 1. The van der Waals surface area contributed by atoms with Crippen LogP contribution >= 0.6 is 11.6 Å². The first kappa shape index (κ1) is 17.7. The van der Waals surface area contributed by atoms with E-state index in [2.05, 4.69) is 5.32 Å². The Balaban J connectivity index is 1.84. The lowest BCUT2D eigenvalue weighted by atomic mass is 10.0. The lowest BCUT2D eigenvalue weighted by Gasteiger charge is -2.11. The summed E-state index contributed by atoms with van der Waals surface area (Å²) in [6, 6.07) is 20.6. The quantitative estimate of drug-likeness (QED) is 0.622. The number of hydrogen-bond acceptors (Lipinski definition) is 3. The van der Waals surface area contributed by atoms with Crippen molar-refractivity contribution in [2.75, 3.05) is 5.32 Å². The molecule has 0 fully saturated rings. The molecule has 3 aromatic rings. The molecule has 1 N–H and O–H groups in total. The molecule has 0 aliphatic rings. The van der Waals surface area contributed by atoms with E-state index in [1.165, 1.54) is 12.1 Å². The number of rotatable bonds is 4. The molecule has 0 heterocycles. The van der Waals surface area contributed by atoms with Crippen LogP contribution in [0.2, 0.25) is 5.02 Å². The van der Waals surface area contributed by atoms with Crippen molar-refractivity contribution in [1.82, 2.24) is 0 Å². The van der Waals surface area contributed by atoms with E-state index < -0.39 is 6.09 Å². The number of carbonyl (C=O) groups excluding carboxylic acids is 2. The van der Waals surface area contributed by atoms with E-state index in [1.807, 2.05) is 31.2 Å². The van der Waals surface area contributed by atoms with Crippen LogP contribution in [0.4, 0.5) is 10.5 Å². The van der Waals surface area contributed by atoms with Gasteiger partial charge in [-0.25, -0.2) is 4.79 Å². The van der Waals surface area contributed by atoms with Crippen LogP contribution in [-0.2, 0) is 0 Å². The minimum Gasteiger partial charge on any atom is -0.409 e. The number of amides is 1. The molecular weight excluding hydrogens is 350 g/mol. The van der Waals surface area contributed by atoms with Gasteiger partial charge in [-0.1, -0.05) is 54.1 Å². The monoisotopic (exact) mass is 365 g/mol. The zero-order chi connectivity index (χ0) is 18.5. The van der Waals surface area contributed by atoms with Crippen LogP contribution in [0.1, 0.15) is 21.5 Å². The third-order valence-electron chi connectivity index (χ3n) is 3.69. The molecular formula is C21H16ClNO3. The van der Waals surface area contributed by atoms with E-state index in [0.717, 1.165) is 5.56 Å². The second-order valence-corrected chi connectivity index (χ2v) is 6.16. The maximum atomic E-state index is 12.7. The van der Waals surface area contributed by atoms with Gasteiger partial charge in [-0.3, -0.25) is 10.1 Å². The van der Waals surface area contributed by atoms with E-state index in [0.29, 0.717) is 16.3 Å². The SMILES string of the molecule is Cc1cccc(NC(=O)Oc2ccc(Cl)cc2C(=O)c2ccccc2)c1. The number of aryl methyl sites for hydroxylation is 1. The summed E-state index contributed by atoms with van der Waals surface area (Å²) in [7, 11) is 0. The molecule has 1 amide bonds. The lowest BCUT2D eigenvalue weighted by Crippen LogP contribution is -2.18. The van der Waals surface area contributed by atoms with Crippen LogP contribution in [0.5, 0.6) is 5.75 Å². The highest BCUT2D eigenvalue weighted by atomic mass is 35.5. The minimum absolute atomic E-state index is 0.147. The van der Waals surface area contributed by atoms with Gasteiger partial charge in [0.2, 0.25) is 0 Å². The second kappa shape index (κ2) is 7.85. The van der Waals surface area contributed by atoms with Crippen molar-refractivity contribution in [2.24, 2.45) is 0 Å². The number of ketones is 1. The van der Waals surface area contributed by atoms with Gasteiger partial charge in [0.25, 0.3) is 0 Å². The average molecular weight is 366 g/mol. The zero-order valence-corrected chi connectivity index (χ0v) is 14.8. The predicted octanol–water partition coefficient (Wildman–Crippen LogP) is 5.49. The topological polar surface area (TPSA) is 55.4 Å². The molecule has 0 saturated heterocycles. The summed E-state index contributed by atoms with van der Waals surface area (Å²) < 4.78 is 5.36. The van der Waals surface area contributed by atoms with E-state index in [4.69, 9.17) is 16.3 Å². The number of hydrogen-bond donors (Lipinski definition) is 1. The third kappa shape index (κ3) is 4.29. The van der Waals surface area contributed by atoms with Gasteiger partial charge in [0.05, 0.1) is 5.56 Å². The summed E-state index contributed by atoms with van der Waals surface area (Å²) in [5, 5.41) is 3.03. The van der Waals surface area contributed by atoms with Gasteiger partial charge < -0.3 is 4.74 Å². The molecule has 0 aromatic heterocycles. The van der Waals surface area contributed by atoms with Crippen molar-refractivity contribution >= 4 is 29.2 Å². The molecule has 0 unspecified atom stereocenters. The van der Waals surface area contributed by atoms with E-state index in [9.17, 15) is 9.59 Å². The van der Waals surface area contributed by atoms with Crippen molar-refractivity contribution in [1.29, 1.82) is 0 Å². The fourth-order valence-electron chi connectivity index (χ4n) is 2.48. The predicted molar refractivity (Wildman–Crippen MR) is 102 cm³/mol. The Morgan fingerprint density at radius 1 is 0.923 bits per heavy atom. The number of nitrogens with one attached hydrogen (secondary N) is 1. The van der Waals surface area contributed by atoms with Crippen molar-refractivity contribution in [3.63, 3.8) is 0 Å². The van der Waals surface area contributed by atoms with Crippen LogP contribution in [-0.4, -0.2) is 11.9 Å². The minimum atomic E-state index is -0.681. The normalized spacial score (nSPS) is 10.2. The summed E-state index contributed by atoms with van der Waals surface area (Å²) in [6.07, 6.45) is -0.681. The van der Waals surface area contributed by atoms with Crippen LogP contribution in [0.25, 0.3) is 0 Å². The molecule has 4 nitrogen and oxygen atoms in total. The zero-order valence-electron chi connectivity index (χ0n) is 14.0. The molecule has 5 heteroatoms. The first-order valence-electron chi connectivity index (χ1n) is 7.98. The van der Waals surface area contributed by atoms with Crippen LogP contribution < -0.4 is 10.1 Å². The first-order valence-corrected chi connectivity index (χ1v) is 8.35. The Bertz CT molecular complexity index is 954. The largest absolute Gasteiger partial charge is 0.417 e.